The SMILES string of the molecule is CO[C@](C(=O)OCC(C)(NS(=O)(=O)c1ccccc1[N+](=O)[O-])c1ccccc1)(c1ccccc1)C(F)(F)F. The molecule has 3 rings (SSSR count). The molecule has 0 radical (unpaired) electrons. The van der Waals surface area contributed by atoms with Crippen LogP contribution in [0.4, 0.5) is 18.9 Å². The van der Waals surface area contributed by atoms with Gasteiger partial charge in [0.25, 0.3) is 11.3 Å². The second kappa shape index (κ2) is 10.9. The summed E-state index contributed by atoms with van der Waals surface area (Å²) in [7, 11) is -3.94. The molecule has 0 fully saturated rings. The van der Waals surface area contributed by atoms with Gasteiger partial charge >= 0.3 is 12.1 Å². The Kier molecular flexibility index (Phi) is 8.24. The number of hydrogen-bond acceptors (Lipinski definition) is 7. The fourth-order valence-corrected chi connectivity index (χ4v) is 5.42. The molecule has 202 valence electrons. The van der Waals surface area contributed by atoms with E-state index in [9.17, 15) is 36.5 Å². The number of esters is 1. The van der Waals surface area contributed by atoms with Gasteiger partial charge in [0.05, 0.1) is 10.5 Å². The van der Waals surface area contributed by atoms with E-state index in [1.54, 1.807) is 6.07 Å². The van der Waals surface area contributed by atoms with Crippen LogP contribution >= 0.6 is 0 Å². The molecule has 0 aromatic heterocycles. The second-order valence-corrected chi connectivity index (χ2v) is 10.0. The molecule has 0 aliphatic rings. The van der Waals surface area contributed by atoms with Crippen LogP contribution in [0.5, 0.6) is 0 Å². The number of para-hydroxylation sites is 1. The Morgan fingerprint density at radius 1 is 0.921 bits per heavy atom. The molecule has 38 heavy (non-hydrogen) atoms. The molecule has 0 aliphatic carbocycles. The summed E-state index contributed by atoms with van der Waals surface area (Å²) in [5.74, 6) is -1.83. The van der Waals surface area contributed by atoms with Gasteiger partial charge in [-0.3, -0.25) is 10.1 Å². The quantitative estimate of drug-likeness (QED) is 0.224. The fraction of sp³-hybridized carbons (Fsp3) is 0.240. The number of nitro groups is 1. The highest BCUT2D eigenvalue weighted by atomic mass is 32.2. The number of sulfonamides is 1. The van der Waals surface area contributed by atoms with E-state index in [2.05, 4.69) is 4.72 Å². The topological polar surface area (TPSA) is 125 Å². The molecule has 0 saturated carbocycles. The van der Waals surface area contributed by atoms with Gasteiger partial charge in [-0.05, 0) is 18.6 Å². The molecule has 0 amide bonds. The molecule has 3 aromatic carbocycles. The molecular formula is C25H23F3N2O7S. The normalized spacial score (nSPS) is 15.2. The Labute approximate surface area is 216 Å². The number of carbonyl (C=O) groups excluding carboxylic acids is 1. The number of ether oxygens (including phenoxy) is 2. The first-order valence-electron chi connectivity index (χ1n) is 11.0. The number of alkyl halides is 3. The van der Waals surface area contributed by atoms with E-state index < -0.39 is 61.0 Å². The highest BCUT2D eigenvalue weighted by Crippen LogP contribution is 2.43. The lowest BCUT2D eigenvalue weighted by molar-refractivity contribution is -0.387. The van der Waals surface area contributed by atoms with Gasteiger partial charge in [-0.1, -0.05) is 72.8 Å². The maximum absolute atomic E-state index is 14.3. The van der Waals surface area contributed by atoms with Crippen LogP contribution in [0.1, 0.15) is 18.1 Å². The van der Waals surface area contributed by atoms with Crippen molar-refractivity contribution in [2.24, 2.45) is 0 Å². The van der Waals surface area contributed by atoms with Crippen molar-refractivity contribution < 1.29 is 40.8 Å². The maximum Gasteiger partial charge on any atom is 0.432 e. The van der Waals surface area contributed by atoms with E-state index in [4.69, 9.17) is 9.47 Å². The Bertz CT molecular complexity index is 1400. The molecule has 2 atom stereocenters. The van der Waals surface area contributed by atoms with Crippen LogP contribution in [0.3, 0.4) is 0 Å². The number of nitrogens with one attached hydrogen (secondary N) is 1. The Morgan fingerprint density at radius 2 is 1.42 bits per heavy atom. The zero-order valence-corrected chi connectivity index (χ0v) is 21.0. The third kappa shape index (κ3) is 5.54. The van der Waals surface area contributed by atoms with E-state index >= 15 is 0 Å². The third-order valence-electron chi connectivity index (χ3n) is 5.79. The minimum Gasteiger partial charge on any atom is -0.461 e. The highest BCUT2D eigenvalue weighted by Gasteiger charge is 2.64. The molecule has 1 N–H and O–H groups in total. The molecule has 0 bridgehead atoms. The molecule has 9 nitrogen and oxygen atoms in total. The van der Waals surface area contributed by atoms with Crippen molar-refractivity contribution in [2.75, 3.05) is 13.7 Å². The number of rotatable bonds is 10. The molecule has 0 heterocycles. The van der Waals surface area contributed by atoms with Crippen molar-refractivity contribution in [2.45, 2.75) is 29.1 Å². The summed E-state index contributed by atoms with van der Waals surface area (Å²) in [5, 5.41) is 11.4. The van der Waals surface area contributed by atoms with Crippen LogP contribution in [0.2, 0.25) is 0 Å². The first kappa shape index (κ1) is 28.8. The van der Waals surface area contributed by atoms with Crippen LogP contribution in [-0.2, 0) is 35.4 Å². The number of hydrogen-bond donors (Lipinski definition) is 1. The minimum atomic E-state index is -5.24. The molecule has 3 aromatic rings. The molecule has 1 unspecified atom stereocenters. The zero-order valence-electron chi connectivity index (χ0n) is 20.1. The highest BCUT2D eigenvalue weighted by molar-refractivity contribution is 7.89. The lowest BCUT2D eigenvalue weighted by Crippen LogP contribution is -2.54. The van der Waals surface area contributed by atoms with Gasteiger partial charge in [0.2, 0.25) is 10.0 Å². The third-order valence-corrected chi connectivity index (χ3v) is 7.43. The summed E-state index contributed by atoms with van der Waals surface area (Å²) >= 11 is 0. The van der Waals surface area contributed by atoms with Crippen LogP contribution in [0.25, 0.3) is 0 Å². The molecule has 0 spiro atoms. The van der Waals surface area contributed by atoms with E-state index in [0.717, 1.165) is 24.3 Å². The van der Waals surface area contributed by atoms with Crippen LogP contribution in [0, 0.1) is 10.1 Å². The van der Waals surface area contributed by atoms with Crippen LogP contribution in [0.15, 0.2) is 89.8 Å². The molecule has 0 aliphatic heterocycles. The molecular weight excluding hydrogens is 529 g/mol. The van der Waals surface area contributed by atoms with Crippen molar-refractivity contribution >= 4 is 21.7 Å². The summed E-state index contributed by atoms with van der Waals surface area (Å²) in [5.41, 5.74) is -6.39. The van der Waals surface area contributed by atoms with Gasteiger partial charge < -0.3 is 9.47 Å². The summed E-state index contributed by atoms with van der Waals surface area (Å²) in [6.45, 7) is 0.357. The van der Waals surface area contributed by atoms with Gasteiger partial charge in [-0.15, -0.1) is 0 Å². The average molecular weight is 553 g/mol. The van der Waals surface area contributed by atoms with Crippen molar-refractivity contribution in [3.63, 3.8) is 0 Å². The fourth-order valence-electron chi connectivity index (χ4n) is 3.86. The number of nitro benzene ring substituents is 1. The van der Waals surface area contributed by atoms with E-state index in [1.807, 2.05) is 0 Å². The largest absolute Gasteiger partial charge is 0.461 e. The number of nitrogens with zero attached hydrogens (tertiary/aromatic N) is 1. The van der Waals surface area contributed by atoms with Crippen molar-refractivity contribution in [3.05, 3.63) is 106 Å². The molecule has 13 heteroatoms. The van der Waals surface area contributed by atoms with Gasteiger partial charge in [-0.2, -0.15) is 17.9 Å². The summed E-state index contributed by atoms with van der Waals surface area (Å²) in [4.78, 5) is 22.9. The van der Waals surface area contributed by atoms with Gasteiger partial charge in [0.1, 0.15) is 6.61 Å². The summed E-state index contributed by atoms with van der Waals surface area (Å²) in [6, 6.07) is 18.3. The summed E-state index contributed by atoms with van der Waals surface area (Å²) in [6.07, 6.45) is -5.24. The second-order valence-electron chi connectivity index (χ2n) is 8.35. The predicted octanol–water partition coefficient (Wildman–Crippen LogP) is 4.44. The van der Waals surface area contributed by atoms with Crippen molar-refractivity contribution in [3.8, 4) is 0 Å². The van der Waals surface area contributed by atoms with Gasteiger partial charge in [0, 0.05) is 18.7 Å². The van der Waals surface area contributed by atoms with Crippen LogP contribution in [-0.4, -0.2) is 39.2 Å². The van der Waals surface area contributed by atoms with Crippen molar-refractivity contribution in [1.82, 2.24) is 4.72 Å². The first-order chi connectivity index (χ1) is 17.8. The monoisotopic (exact) mass is 552 g/mol. The number of carbonyl (C=O) groups is 1. The Hall–Kier alpha value is -3.81. The number of methoxy groups -OCH3 is 1. The lowest BCUT2D eigenvalue weighted by atomic mass is 9.92. The lowest BCUT2D eigenvalue weighted by Gasteiger charge is -2.35. The summed E-state index contributed by atoms with van der Waals surface area (Å²) < 4.78 is 81.4. The molecule has 0 saturated heterocycles. The Balaban J connectivity index is 2.04. The van der Waals surface area contributed by atoms with E-state index in [-0.39, 0.29) is 5.56 Å². The average Bonchev–Trinajstić information content (AvgIpc) is 2.88. The standard InChI is InChI=1S/C25H23F3N2O7S/c1-23(18-11-5-3-6-12-18,29-38(34,35)21-16-10-9-15-20(21)30(32)33)17-37-22(31)24(36-2,25(26,27)28)19-13-7-4-8-14-19/h3-16,29H,17H2,1-2H3/t23?,24-/m0/s1. The maximum atomic E-state index is 14.3. The number of halogens is 3. The Morgan fingerprint density at radius 3 is 1.92 bits per heavy atom. The predicted molar refractivity (Wildman–Crippen MR) is 129 cm³/mol. The smallest absolute Gasteiger partial charge is 0.432 e. The zero-order chi connectivity index (χ0) is 28.2. The number of benzene rings is 3. The van der Waals surface area contributed by atoms with Crippen molar-refractivity contribution in [1.29, 1.82) is 0 Å². The van der Waals surface area contributed by atoms with Gasteiger partial charge in [0.15, 0.2) is 4.90 Å². The van der Waals surface area contributed by atoms with E-state index in [1.165, 1.54) is 61.5 Å². The van der Waals surface area contributed by atoms with Gasteiger partial charge in [-0.25, -0.2) is 13.2 Å². The minimum absolute atomic E-state index is 0.213. The van der Waals surface area contributed by atoms with Crippen LogP contribution < -0.4 is 4.72 Å². The van der Waals surface area contributed by atoms with E-state index in [0.29, 0.717) is 7.11 Å². The first-order valence-corrected chi connectivity index (χ1v) is 12.4.